The first kappa shape index (κ1) is 11.5. The SMILES string of the molecule is O=C1CCCN1c1cccc(N2CCNCC2)c1. The highest BCUT2D eigenvalue weighted by molar-refractivity contribution is 5.95. The lowest BCUT2D eigenvalue weighted by Gasteiger charge is -2.30. The minimum atomic E-state index is 0.257. The molecule has 2 fully saturated rings. The molecule has 1 N–H and O–H groups in total. The Hall–Kier alpha value is -1.55. The molecule has 0 radical (unpaired) electrons. The number of nitrogens with zero attached hydrogens (tertiary/aromatic N) is 2. The van der Waals surface area contributed by atoms with Gasteiger partial charge in [-0.3, -0.25) is 4.79 Å². The molecular formula is C14H19N3O. The Morgan fingerprint density at radius 2 is 1.83 bits per heavy atom. The van der Waals surface area contributed by atoms with E-state index in [1.165, 1.54) is 5.69 Å². The second-order valence-corrected chi connectivity index (χ2v) is 4.91. The van der Waals surface area contributed by atoms with Gasteiger partial charge < -0.3 is 15.1 Å². The van der Waals surface area contributed by atoms with Gasteiger partial charge in [0.2, 0.25) is 5.91 Å². The maximum Gasteiger partial charge on any atom is 0.227 e. The Morgan fingerprint density at radius 3 is 2.56 bits per heavy atom. The Morgan fingerprint density at radius 1 is 1.06 bits per heavy atom. The summed E-state index contributed by atoms with van der Waals surface area (Å²) in [6.07, 6.45) is 1.68. The number of nitrogens with one attached hydrogen (secondary N) is 1. The summed E-state index contributed by atoms with van der Waals surface area (Å²) in [5.41, 5.74) is 2.28. The van der Waals surface area contributed by atoms with E-state index in [-0.39, 0.29) is 5.91 Å². The lowest BCUT2D eigenvalue weighted by molar-refractivity contribution is -0.117. The molecule has 0 aliphatic carbocycles. The molecule has 0 unspecified atom stereocenters. The van der Waals surface area contributed by atoms with Crippen LogP contribution in [0.25, 0.3) is 0 Å². The van der Waals surface area contributed by atoms with Gasteiger partial charge in [-0.25, -0.2) is 0 Å². The summed E-state index contributed by atoms with van der Waals surface area (Å²) in [6, 6.07) is 8.37. The van der Waals surface area contributed by atoms with Crippen LogP contribution in [0.5, 0.6) is 0 Å². The molecule has 2 saturated heterocycles. The van der Waals surface area contributed by atoms with Crippen LogP contribution in [0.2, 0.25) is 0 Å². The monoisotopic (exact) mass is 245 g/mol. The number of carbonyl (C=O) groups is 1. The average molecular weight is 245 g/mol. The van der Waals surface area contributed by atoms with E-state index in [1.54, 1.807) is 0 Å². The van der Waals surface area contributed by atoms with E-state index in [4.69, 9.17) is 0 Å². The normalized spacial score (nSPS) is 20.6. The molecule has 2 aliphatic rings. The molecule has 2 heterocycles. The Bertz CT molecular complexity index is 440. The van der Waals surface area contributed by atoms with Crippen LogP contribution >= 0.6 is 0 Å². The van der Waals surface area contributed by atoms with Crippen molar-refractivity contribution in [3.8, 4) is 0 Å². The van der Waals surface area contributed by atoms with E-state index >= 15 is 0 Å². The zero-order valence-electron chi connectivity index (χ0n) is 10.6. The van der Waals surface area contributed by atoms with Crippen molar-refractivity contribution in [3.05, 3.63) is 24.3 Å². The Balaban J connectivity index is 1.82. The van der Waals surface area contributed by atoms with Crippen molar-refractivity contribution >= 4 is 17.3 Å². The zero-order valence-corrected chi connectivity index (χ0v) is 10.6. The van der Waals surface area contributed by atoms with Crippen molar-refractivity contribution < 1.29 is 4.79 Å². The molecule has 4 nitrogen and oxygen atoms in total. The Kier molecular flexibility index (Phi) is 3.19. The van der Waals surface area contributed by atoms with Crippen molar-refractivity contribution in [1.82, 2.24) is 5.32 Å². The number of benzene rings is 1. The first-order chi connectivity index (χ1) is 8.84. The minimum Gasteiger partial charge on any atom is -0.369 e. The van der Waals surface area contributed by atoms with Crippen molar-refractivity contribution in [2.24, 2.45) is 0 Å². The topological polar surface area (TPSA) is 35.6 Å². The van der Waals surface area contributed by atoms with Crippen LogP contribution in [-0.2, 0) is 4.79 Å². The lowest BCUT2D eigenvalue weighted by atomic mass is 10.2. The van der Waals surface area contributed by atoms with Gasteiger partial charge in [-0.2, -0.15) is 0 Å². The fourth-order valence-corrected chi connectivity index (χ4v) is 2.70. The van der Waals surface area contributed by atoms with Crippen LogP contribution in [0.4, 0.5) is 11.4 Å². The molecule has 0 aromatic heterocycles. The van der Waals surface area contributed by atoms with Gasteiger partial charge >= 0.3 is 0 Å². The summed E-state index contributed by atoms with van der Waals surface area (Å²) in [4.78, 5) is 16.0. The number of hydrogen-bond acceptors (Lipinski definition) is 3. The van der Waals surface area contributed by atoms with Crippen molar-refractivity contribution in [2.45, 2.75) is 12.8 Å². The molecule has 18 heavy (non-hydrogen) atoms. The third-order valence-electron chi connectivity index (χ3n) is 3.70. The predicted molar refractivity (Wildman–Crippen MR) is 73.1 cm³/mol. The van der Waals surface area contributed by atoms with Crippen molar-refractivity contribution in [3.63, 3.8) is 0 Å². The molecule has 0 bridgehead atoms. The summed E-state index contributed by atoms with van der Waals surface area (Å²) in [6.45, 7) is 5.01. The van der Waals surface area contributed by atoms with Crippen LogP contribution < -0.4 is 15.1 Å². The molecule has 3 rings (SSSR count). The molecule has 0 spiro atoms. The zero-order chi connectivity index (χ0) is 12.4. The lowest BCUT2D eigenvalue weighted by Crippen LogP contribution is -2.43. The van der Waals surface area contributed by atoms with Gasteiger partial charge in [0, 0.05) is 50.5 Å². The molecule has 1 amide bonds. The first-order valence-corrected chi connectivity index (χ1v) is 6.71. The van der Waals surface area contributed by atoms with Gasteiger partial charge in [0.05, 0.1) is 0 Å². The second kappa shape index (κ2) is 4.98. The van der Waals surface area contributed by atoms with Crippen molar-refractivity contribution in [1.29, 1.82) is 0 Å². The van der Waals surface area contributed by atoms with E-state index in [9.17, 15) is 4.79 Å². The van der Waals surface area contributed by atoms with E-state index in [0.29, 0.717) is 6.42 Å². The van der Waals surface area contributed by atoms with Gasteiger partial charge in [0.25, 0.3) is 0 Å². The van der Waals surface area contributed by atoms with Crippen molar-refractivity contribution in [2.75, 3.05) is 42.5 Å². The van der Waals surface area contributed by atoms with Crippen LogP contribution in [0.3, 0.4) is 0 Å². The summed E-state index contributed by atoms with van der Waals surface area (Å²) >= 11 is 0. The first-order valence-electron chi connectivity index (χ1n) is 6.71. The smallest absolute Gasteiger partial charge is 0.227 e. The van der Waals surface area contributed by atoms with Gasteiger partial charge in [0.15, 0.2) is 0 Å². The molecule has 4 heteroatoms. The average Bonchev–Trinajstić information content (AvgIpc) is 2.86. The number of anilines is 2. The minimum absolute atomic E-state index is 0.257. The van der Waals surface area contributed by atoms with Gasteiger partial charge in [-0.05, 0) is 24.6 Å². The van der Waals surface area contributed by atoms with Gasteiger partial charge in [-0.15, -0.1) is 0 Å². The molecular weight excluding hydrogens is 226 g/mol. The summed E-state index contributed by atoms with van der Waals surface area (Å²) in [5.74, 6) is 0.257. The van der Waals surface area contributed by atoms with Crippen LogP contribution in [0.1, 0.15) is 12.8 Å². The standard InChI is InChI=1S/C14H19N3O/c18-14-5-2-8-17(14)13-4-1-3-12(11-13)16-9-6-15-7-10-16/h1,3-4,11,15H,2,5-10H2. The van der Waals surface area contributed by atoms with E-state index in [2.05, 4.69) is 28.4 Å². The largest absolute Gasteiger partial charge is 0.369 e. The predicted octanol–water partition coefficient (Wildman–Crippen LogP) is 1.22. The highest BCUT2D eigenvalue weighted by atomic mass is 16.2. The highest BCUT2D eigenvalue weighted by Gasteiger charge is 2.22. The summed E-state index contributed by atoms with van der Waals surface area (Å²) in [5, 5.41) is 3.36. The third kappa shape index (κ3) is 2.20. The number of hydrogen-bond donors (Lipinski definition) is 1. The van der Waals surface area contributed by atoms with Crippen LogP contribution in [0, 0.1) is 0 Å². The summed E-state index contributed by atoms with van der Waals surface area (Å²) < 4.78 is 0. The third-order valence-corrected chi connectivity index (χ3v) is 3.70. The molecule has 1 aromatic rings. The van der Waals surface area contributed by atoms with E-state index in [1.807, 2.05) is 11.0 Å². The fraction of sp³-hybridized carbons (Fsp3) is 0.500. The van der Waals surface area contributed by atoms with Crippen LogP contribution in [-0.4, -0.2) is 38.6 Å². The summed E-state index contributed by atoms with van der Waals surface area (Å²) in [7, 11) is 0. The highest BCUT2D eigenvalue weighted by Crippen LogP contribution is 2.26. The van der Waals surface area contributed by atoms with E-state index in [0.717, 1.165) is 44.8 Å². The molecule has 1 aromatic carbocycles. The fourth-order valence-electron chi connectivity index (χ4n) is 2.70. The Labute approximate surface area is 108 Å². The maximum atomic E-state index is 11.8. The second-order valence-electron chi connectivity index (χ2n) is 4.91. The molecule has 96 valence electrons. The number of carbonyl (C=O) groups excluding carboxylic acids is 1. The van der Waals surface area contributed by atoms with Gasteiger partial charge in [-0.1, -0.05) is 6.07 Å². The van der Waals surface area contributed by atoms with Crippen LogP contribution in [0.15, 0.2) is 24.3 Å². The maximum absolute atomic E-state index is 11.8. The quantitative estimate of drug-likeness (QED) is 0.851. The molecule has 0 atom stereocenters. The molecule has 0 saturated carbocycles. The molecule has 2 aliphatic heterocycles. The number of amides is 1. The number of piperazine rings is 1. The van der Waals surface area contributed by atoms with Gasteiger partial charge in [0.1, 0.15) is 0 Å². The van der Waals surface area contributed by atoms with E-state index < -0.39 is 0 Å². The number of rotatable bonds is 2.